The molecule has 0 aromatic heterocycles. The molecule has 2 N–H and O–H groups in total. The van der Waals surface area contributed by atoms with Crippen LogP contribution in [0.4, 0.5) is 20.2 Å². The summed E-state index contributed by atoms with van der Waals surface area (Å²) in [6, 6.07) is 7.45. The second-order valence-corrected chi connectivity index (χ2v) is 6.90. The van der Waals surface area contributed by atoms with Crippen molar-refractivity contribution in [1.82, 2.24) is 4.90 Å². The molecule has 2 aromatic carbocycles. The van der Waals surface area contributed by atoms with Gasteiger partial charge in [0.1, 0.15) is 11.6 Å². The minimum absolute atomic E-state index is 0.0775. The third-order valence-electron chi connectivity index (χ3n) is 3.68. The van der Waals surface area contributed by atoms with E-state index in [2.05, 4.69) is 10.6 Å². The molecule has 9 heteroatoms. The molecule has 0 radical (unpaired) electrons. The molecule has 2 amide bonds. The van der Waals surface area contributed by atoms with E-state index in [1.54, 1.807) is 17.0 Å². The molecule has 2 aromatic rings. The number of halogens is 4. The summed E-state index contributed by atoms with van der Waals surface area (Å²) in [6.45, 7) is 2.11. The molecule has 0 aliphatic rings. The lowest BCUT2D eigenvalue weighted by molar-refractivity contribution is -0.120. The second-order valence-electron chi connectivity index (χ2n) is 6.06. The molecule has 0 aliphatic heterocycles. The molecule has 0 fully saturated rings. The molecule has 2 rings (SSSR count). The van der Waals surface area contributed by atoms with Gasteiger partial charge in [0, 0.05) is 11.1 Å². The Hall–Kier alpha value is -2.22. The van der Waals surface area contributed by atoms with Crippen LogP contribution < -0.4 is 10.6 Å². The highest BCUT2D eigenvalue weighted by molar-refractivity contribution is 6.36. The number of amides is 2. The average molecular weight is 430 g/mol. The van der Waals surface area contributed by atoms with E-state index in [1.807, 2.05) is 6.92 Å². The standard InChI is InChI=1S/C19H19Cl2F2N3O2/c1-2-7-26(10-18(27)24-16-6-3-12(20)8-14(16)21)11-19(28)25-17-9-13(22)4-5-15(17)23/h3-6,8-9H,2,7,10-11H2,1H3,(H,24,27)(H,25,28). The van der Waals surface area contributed by atoms with E-state index in [1.165, 1.54) is 6.07 Å². The fourth-order valence-electron chi connectivity index (χ4n) is 2.50. The molecule has 0 spiro atoms. The van der Waals surface area contributed by atoms with Crippen molar-refractivity contribution in [3.8, 4) is 0 Å². The zero-order valence-electron chi connectivity index (χ0n) is 15.1. The van der Waals surface area contributed by atoms with E-state index in [9.17, 15) is 18.4 Å². The minimum atomic E-state index is -0.744. The lowest BCUT2D eigenvalue weighted by Gasteiger charge is -2.21. The molecule has 150 valence electrons. The topological polar surface area (TPSA) is 61.4 Å². The van der Waals surface area contributed by atoms with Gasteiger partial charge in [-0.15, -0.1) is 0 Å². The Morgan fingerprint density at radius 1 is 0.964 bits per heavy atom. The zero-order chi connectivity index (χ0) is 20.7. The van der Waals surface area contributed by atoms with Gasteiger partial charge in [0.25, 0.3) is 0 Å². The fourth-order valence-corrected chi connectivity index (χ4v) is 2.96. The molecule has 0 aliphatic carbocycles. The van der Waals surface area contributed by atoms with Crippen LogP contribution in [0.3, 0.4) is 0 Å². The summed E-state index contributed by atoms with van der Waals surface area (Å²) < 4.78 is 26.9. The van der Waals surface area contributed by atoms with E-state index in [4.69, 9.17) is 23.2 Å². The van der Waals surface area contributed by atoms with Crippen molar-refractivity contribution in [2.45, 2.75) is 13.3 Å². The largest absolute Gasteiger partial charge is 0.324 e. The van der Waals surface area contributed by atoms with E-state index in [0.717, 1.165) is 18.2 Å². The zero-order valence-corrected chi connectivity index (χ0v) is 16.6. The van der Waals surface area contributed by atoms with Crippen LogP contribution in [0.2, 0.25) is 10.0 Å². The molecule has 0 atom stereocenters. The molecule has 0 bridgehead atoms. The maximum absolute atomic E-state index is 13.7. The van der Waals surface area contributed by atoms with Crippen molar-refractivity contribution < 1.29 is 18.4 Å². The van der Waals surface area contributed by atoms with Gasteiger partial charge >= 0.3 is 0 Å². The molecule has 0 heterocycles. The number of nitrogens with one attached hydrogen (secondary N) is 2. The Labute approximate surface area is 171 Å². The van der Waals surface area contributed by atoms with E-state index in [-0.39, 0.29) is 24.7 Å². The summed E-state index contributed by atoms with van der Waals surface area (Å²) in [5.74, 6) is -2.34. The monoisotopic (exact) mass is 429 g/mol. The van der Waals surface area contributed by atoms with Gasteiger partial charge in [0.15, 0.2) is 0 Å². The van der Waals surface area contributed by atoms with Crippen LogP contribution in [0.5, 0.6) is 0 Å². The first kappa shape index (κ1) is 22.1. The lowest BCUT2D eigenvalue weighted by atomic mass is 10.3. The highest BCUT2D eigenvalue weighted by Gasteiger charge is 2.16. The quantitative estimate of drug-likeness (QED) is 0.646. The molecule has 0 saturated carbocycles. The van der Waals surface area contributed by atoms with Gasteiger partial charge in [0.05, 0.1) is 29.5 Å². The molecule has 0 saturated heterocycles. The Bertz CT molecular complexity index is 865. The maximum Gasteiger partial charge on any atom is 0.238 e. The summed E-state index contributed by atoms with van der Waals surface area (Å²) in [5.41, 5.74) is 0.151. The van der Waals surface area contributed by atoms with Gasteiger partial charge in [-0.25, -0.2) is 8.78 Å². The molecule has 0 unspecified atom stereocenters. The predicted molar refractivity (Wildman–Crippen MR) is 107 cm³/mol. The van der Waals surface area contributed by atoms with Gasteiger partial charge in [-0.2, -0.15) is 0 Å². The number of rotatable bonds is 8. The van der Waals surface area contributed by atoms with Crippen LogP contribution in [0.15, 0.2) is 36.4 Å². The lowest BCUT2D eigenvalue weighted by Crippen LogP contribution is -2.39. The Kier molecular flexibility index (Phi) is 8.17. The number of carbonyl (C=O) groups excluding carboxylic acids is 2. The average Bonchev–Trinajstić information content (AvgIpc) is 2.60. The highest BCUT2D eigenvalue weighted by Crippen LogP contribution is 2.25. The maximum atomic E-state index is 13.7. The minimum Gasteiger partial charge on any atom is -0.324 e. The number of anilines is 2. The van der Waals surface area contributed by atoms with Gasteiger partial charge in [0.2, 0.25) is 11.8 Å². The van der Waals surface area contributed by atoms with Crippen LogP contribution in [0.1, 0.15) is 13.3 Å². The first-order valence-electron chi connectivity index (χ1n) is 8.50. The van der Waals surface area contributed by atoms with E-state index >= 15 is 0 Å². The van der Waals surface area contributed by atoms with Crippen LogP contribution in [0.25, 0.3) is 0 Å². The molecular weight excluding hydrogens is 411 g/mol. The number of hydrogen-bond donors (Lipinski definition) is 2. The summed E-state index contributed by atoms with van der Waals surface area (Å²) >= 11 is 11.9. The van der Waals surface area contributed by atoms with E-state index < -0.39 is 17.5 Å². The third-order valence-corrected chi connectivity index (χ3v) is 4.23. The van der Waals surface area contributed by atoms with Gasteiger partial charge < -0.3 is 10.6 Å². The third kappa shape index (κ3) is 6.74. The normalized spacial score (nSPS) is 10.8. The van der Waals surface area contributed by atoms with Crippen molar-refractivity contribution in [2.24, 2.45) is 0 Å². The predicted octanol–water partition coefficient (Wildman–Crippen LogP) is 4.56. The summed E-state index contributed by atoms with van der Waals surface area (Å²) in [5, 5.41) is 5.70. The number of carbonyl (C=O) groups is 2. The van der Waals surface area contributed by atoms with Crippen LogP contribution in [0, 0.1) is 11.6 Å². The molecular formula is C19H19Cl2F2N3O2. The summed E-state index contributed by atoms with van der Waals surface area (Å²) in [7, 11) is 0. The Morgan fingerprint density at radius 3 is 2.21 bits per heavy atom. The number of hydrogen-bond acceptors (Lipinski definition) is 3. The first-order chi connectivity index (χ1) is 13.3. The summed E-state index contributed by atoms with van der Waals surface area (Å²) in [4.78, 5) is 26.1. The van der Waals surface area contributed by atoms with Crippen LogP contribution >= 0.6 is 23.2 Å². The number of nitrogens with zero attached hydrogens (tertiary/aromatic N) is 1. The molecule has 5 nitrogen and oxygen atoms in total. The van der Waals surface area contributed by atoms with E-state index in [0.29, 0.717) is 28.7 Å². The van der Waals surface area contributed by atoms with Crippen LogP contribution in [-0.4, -0.2) is 36.3 Å². The Balaban J connectivity index is 1.97. The Morgan fingerprint density at radius 2 is 1.61 bits per heavy atom. The fraction of sp³-hybridized carbons (Fsp3) is 0.263. The van der Waals surface area contributed by atoms with Gasteiger partial charge in [-0.3, -0.25) is 14.5 Å². The van der Waals surface area contributed by atoms with Crippen molar-refractivity contribution in [3.05, 3.63) is 58.1 Å². The van der Waals surface area contributed by atoms with Crippen molar-refractivity contribution in [1.29, 1.82) is 0 Å². The SMILES string of the molecule is CCCN(CC(=O)Nc1cc(F)ccc1F)CC(=O)Nc1ccc(Cl)cc1Cl. The van der Waals surface area contributed by atoms with Crippen molar-refractivity contribution >= 4 is 46.4 Å². The summed E-state index contributed by atoms with van der Waals surface area (Å²) in [6.07, 6.45) is 0.691. The highest BCUT2D eigenvalue weighted by atomic mass is 35.5. The molecule has 28 heavy (non-hydrogen) atoms. The first-order valence-corrected chi connectivity index (χ1v) is 9.26. The van der Waals surface area contributed by atoms with Crippen molar-refractivity contribution in [2.75, 3.05) is 30.3 Å². The van der Waals surface area contributed by atoms with Gasteiger partial charge in [-0.05, 0) is 43.3 Å². The van der Waals surface area contributed by atoms with Crippen molar-refractivity contribution in [3.63, 3.8) is 0 Å². The number of benzene rings is 2. The van der Waals surface area contributed by atoms with Gasteiger partial charge in [-0.1, -0.05) is 30.1 Å². The second kappa shape index (κ2) is 10.4. The van der Waals surface area contributed by atoms with Crippen LogP contribution in [-0.2, 0) is 9.59 Å². The smallest absolute Gasteiger partial charge is 0.238 e.